The Morgan fingerprint density at radius 3 is 3.00 bits per heavy atom. The summed E-state index contributed by atoms with van der Waals surface area (Å²) in [5.41, 5.74) is 2.58. The summed E-state index contributed by atoms with van der Waals surface area (Å²) in [6.45, 7) is 0. The maximum absolute atomic E-state index is 6.05. The normalized spacial score (nSPS) is 21.8. The van der Waals surface area contributed by atoms with Crippen LogP contribution in [0.4, 0.5) is 0 Å². The topological polar surface area (TPSA) is 0 Å². The van der Waals surface area contributed by atoms with Crippen LogP contribution in [0.2, 0.25) is 5.02 Å². The summed E-state index contributed by atoms with van der Waals surface area (Å²) >= 11 is 11.9. The first-order chi connectivity index (χ1) is 5.27. The Hall–Kier alpha value is -0.200. The third kappa shape index (κ3) is 1.25. The maximum atomic E-state index is 6.05. The van der Waals surface area contributed by atoms with Crippen molar-refractivity contribution in [2.75, 3.05) is 0 Å². The molecule has 11 heavy (non-hydrogen) atoms. The van der Waals surface area contributed by atoms with Gasteiger partial charge in [0.05, 0.1) is 5.38 Å². The van der Waals surface area contributed by atoms with E-state index in [2.05, 4.69) is 0 Å². The van der Waals surface area contributed by atoms with E-state index in [9.17, 15) is 0 Å². The fourth-order valence-electron chi connectivity index (χ4n) is 1.53. The lowest BCUT2D eigenvalue weighted by Gasteiger charge is -2.01. The molecule has 58 valence electrons. The van der Waals surface area contributed by atoms with Crippen LogP contribution in [0.25, 0.3) is 0 Å². The highest BCUT2D eigenvalue weighted by Crippen LogP contribution is 2.36. The Balaban J connectivity index is 2.50. The number of rotatable bonds is 0. The third-order valence-electron chi connectivity index (χ3n) is 2.11. The molecule has 1 unspecified atom stereocenters. The van der Waals surface area contributed by atoms with Gasteiger partial charge in [-0.15, -0.1) is 11.6 Å². The van der Waals surface area contributed by atoms with Gasteiger partial charge in [0.25, 0.3) is 0 Å². The van der Waals surface area contributed by atoms with Gasteiger partial charge < -0.3 is 0 Å². The molecule has 1 atom stereocenters. The quantitative estimate of drug-likeness (QED) is 0.544. The van der Waals surface area contributed by atoms with Gasteiger partial charge in [0.15, 0.2) is 0 Å². The molecule has 0 heterocycles. The summed E-state index contributed by atoms with van der Waals surface area (Å²) in [5.74, 6) is 0. The minimum atomic E-state index is 0.210. The van der Waals surface area contributed by atoms with Crippen LogP contribution >= 0.6 is 23.2 Å². The molecule has 2 heteroatoms. The second kappa shape index (κ2) is 2.69. The number of hydrogen-bond donors (Lipinski definition) is 0. The van der Waals surface area contributed by atoms with E-state index in [-0.39, 0.29) is 5.38 Å². The number of hydrogen-bond acceptors (Lipinski definition) is 0. The predicted molar refractivity (Wildman–Crippen MR) is 48.4 cm³/mol. The molecule has 0 N–H and O–H groups in total. The molecule has 0 amide bonds. The van der Waals surface area contributed by atoms with Crippen molar-refractivity contribution in [3.63, 3.8) is 0 Å². The second-order valence-corrected chi connectivity index (χ2v) is 3.81. The second-order valence-electron chi connectivity index (χ2n) is 2.85. The average molecular weight is 187 g/mol. The molecule has 0 saturated heterocycles. The van der Waals surface area contributed by atoms with Gasteiger partial charge in [0.2, 0.25) is 0 Å². The van der Waals surface area contributed by atoms with Gasteiger partial charge in [-0.1, -0.05) is 17.7 Å². The van der Waals surface area contributed by atoms with Crippen LogP contribution in [0.3, 0.4) is 0 Å². The molecule has 0 aromatic heterocycles. The summed E-state index contributed by atoms with van der Waals surface area (Å²) in [6, 6.07) is 5.95. The minimum Gasteiger partial charge on any atom is -0.118 e. The first-order valence-electron chi connectivity index (χ1n) is 3.70. The zero-order valence-electron chi connectivity index (χ0n) is 5.98. The van der Waals surface area contributed by atoms with Gasteiger partial charge in [-0.25, -0.2) is 0 Å². The van der Waals surface area contributed by atoms with E-state index in [1.54, 1.807) is 0 Å². The molecule has 1 aromatic rings. The third-order valence-corrected chi connectivity index (χ3v) is 2.80. The van der Waals surface area contributed by atoms with Crippen molar-refractivity contribution in [3.8, 4) is 0 Å². The van der Waals surface area contributed by atoms with E-state index in [0.29, 0.717) is 0 Å². The van der Waals surface area contributed by atoms with Crippen LogP contribution in [0.5, 0.6) is 0 Å². The zero-order chi connectivity index (χ0) is 7.84. The van der Waals surface area contributed by atoms with Crippen molar-refractivity contribution in [2.45, 2.75) is 18.2 Å². The summed E-state index contributed by atoms with van der Waals surface area (Å²) in [5, 5.41) is 1.02. The molecule has 0 fully saturated rings. The smallest absolute Gasteiger partial charge is 0.0591 e. The first-order valence-corrected chi connectivity index (χ1v) is 4.51. The van der Waals surface area contributed by atoms with Crippen LogP contribution in [0.1, 0.15) is 22.9 Å². The number of alkyl halides is 1. The van der Waals surface area contributed by atoms with E-state index in [0.717, 1.165) is 17.9 Å². The fourth-order valence-corrected chi connectivity index (χ4v) is 2.05. The van der Waals surface area contributed by atoms with Crippen molar-refractivity contribution >= 4 is 23.2 Å². The highest BCUT2D eigenvalue weighted by molar-refractivity contribution is 6.30. The molecule has 1 aromatic carbocycles. The highest BCUT2D eigenvalue weighted by Gasteiger charge is 2.19. The van der Waals surface area contributed by atoms with Gasteiger partial charge >= 0.3 is 0 Å². The zero-order valence-corrected chi connectivity index (χ0v) is 7.49. The molecule has 0 aliphatic heterocycles. The Morgan fingerprint density at radius 2 is 2.18 bits per heavy atom. The number of aryl methyl sites for hydroxylation is 1. The summed E-state index contributed by atoms with van der Waals surface area (Å²) in [6.07, 6.45) is 2.13. The molecule has 2 rings (SSSR count). The van der Waals surface area contributed by atoms with Gasteiger partial charge in [0.1, 0.15) is 0 Å². The van der Waals surface area contributed by atoms with Crippen LogP contribution in [-0.2, 0) is 6.42 Å². The summed E-state index contributed by atoms with van der Waals surface area (Å²) < 4.78 is 0. The lowest BCUT2D eigenvalue weighted by atomic mass is 10.1. The van der Waals surface area contributed by atoms with Crippen LogP contribution in [-0.4, -0.2) is 0 Å². The number of fused-ring (bicyclic) bond motifs is 1. The summed E-state index contributed by atoms with van der Waals surface area (Å²) in [7, 11) is 0. The van der Waals surface area contributed by atoms with Gasteiger partial charge in [-0.05, 0) is 36.1 Å². The summed E-state index contributed by atoms with van der Waals surface area (Å²) in [4.78, 5) is 0. The largest absolute Gasteiger partial charge is 0.118 e. The van der Waals surface area contributed by atoms with Gasteiger partial charge in [0, 0.05) is 5.02 Å². The van der Waals surface area contributed by atoms with E-state index in [4.69, 9.17) is 23.2 Å². The van der Waals surface area contributed by atoms with Crippen molar-refractivity contribution in [3.05, 3.63) is 34.3 Å². The van der Waals surface area contributed by atoms with Crippen LogP contribution in [0.15, 0.2) is 18.2 Å². The Morgan fingerprint density at radius 1 is 1.36 bits per heavy atom. The highest BCUT2D eigenvalue weighted by atomic mass is 35.5. The van der Waals surface area contributed by atoms with Crippen LogP contribution < -0.4 is 0 Å². The number of benzene rings is 1. The first kappa shape index (κ1) is 7.45. The molecule has 0 nitrogen and oxygen atoms in total. The predicted octanol–water partition coefficient (Wildman–Crippen LogP) is 3.57. The Labute approximate surface area is 76.1 Å². The monoisotopic (exact) mass is 186 g/mol. The lowest BCUT2D eigenvalue weighted by Crippen LogP contribution is -1.82. The SMILES string of the molecule is Clc1ccc2c(c1)CCC2Cl. The Kier molecular flexibility index (Phi) is 1.82. The van der Waals surface area contributed by atoms with Gasteiger partial charge in [-0.3, -0.25) is 0 Å². The van der Waals surface area contributed by atoms with Crippen molar-refractivity contribution in [1.29, 1.82) is 0 Å². The van der Waals surface area contributed by atoms with Crippen molar-refractivity contribution < 1.29 is 0 Å². The standard InChI is InChI=1S/C9H8Cl2/c10-7-2-3-8-6(5-7)1-4-9(8)11/h2-3,5,9H,1,4H2. The van der Waals surface area contributed by atoms with Crippen LogP contribution in [0, 0.1) is 0 Å². The van der Waals surface area contributed by atoms with Crippen molar-refractivity contribution in [1.82, 2.24) is 0 Å². The Bertz CT molecular complexity index is 281. The minimum absolute atomic E-state index is 0.210. The molecule has 0 bridgehead atoms. The van der Waals surface area contributed by atoms with Crippen molar-refractivity contribution in [2.24, 2.45) is 0 Å². The van der Waals surface area contributed by atoms with E-state index >= 15 is 0 Å². The molecular weight excluding hydrogens is 179 g/mol. The lowest BCUT2D eigenvalue weighted by molar-refractivity contribution is 0.882. The molecule has 0 radical (unpaired) electrons. The fraction of sp³-hybridized carbons (Fsp3) is 0.333. The molecule has 1 aliphatic carbocycles. The molecule has 0 spiro atoms. The maximum Gasteiger partial charge on any atom is 0.0591 e. The van der Waals surface area contributed by atoms with E-state index in [1.807, 2.05) is 18.2 Å². The number of halogens is 2. The van der Waals surface area contributed by atoms with E-state index in [1.165, 1.54) is 11.1 Å². The molecule has 1 aliphatic rings. The molecule has 0 saturated carbocycles. The average Bonchev–Trinajstić information content (AvgIpc) is 2.32. The molecular formula is C9H8Cl2. The van der Waals surface area contributed by atoms with E-state index < -0.39 is 0 Å². The van der Waals surface area contributed by atoms with Gasteiger partial charge in [-0.2, -0.15) is 0 Å².